The van der Waals surface area contributed by atoms with Gasteiger partial charge >= 0.3 is 5.69 Å². The van der Waals surface area contributed by atoms with Crippen LogP contribution in [0, 0.1) is 0 Å². The van der Waals surface area contributed by atoms with E-state index < -0.39 is 29.6 Å². The lowest BCUT2D eigenvalue weighted by atomic mass is 10.2. The first-order chi connectivity index (χ1) is 8.65. The van der Waals surface area contributed by atoms with Crippen molar-refractivity contribution in [2.24, 2.45) is 5.11 Å². The third-order valence-corrected chi connectivity index (χ3v) is 2.69. The SMILES string of the molecule is [N-]=[N+]=N[C@H]1C[C@H](CO)O[C@H]1n1ccc(=O)[nH]c1=O. The highest BCUT2D eigenvalue weighted by Gasteiger charge is 2.36. The van der Waals surface area contributed by atoms with Gasteiger partial charge in [-0.15, -0.1) is 0 Å². The smallest absolute Gasteiger partial charge is 0.330 e. The van der Waals surface area contributed by atoms with E-state index in [-0.39, 0.29) is 6.61 Å². The molecule has 9 nitrogen and oxygen atoms in total. The van der Waals surface area contributed by atoms with Gasteiger partial charge in [-0.2, -0.15) is 0 Å². The third kappa shape index (κ3) is 2.28. The predicted octanol–water partition coefficient (Wildman–Crippen LogP) is -0.505. The number of ether oxygens (including phenoxy) is 1. The van der Waals surface area contributed by atoms with Crippen molar-refractivity contribution in [1.82, 2.24) is 9.55 Å². The maximum atomic E-state index is 11.6. The average molecular weight is 253 g/mol. The molecule has 18 heavy (non-hydrogen) atoms. The van der Waals surface area contributed by atoms with Crippen molar-refractivity contribution in [2.75, 3.05) is 6.61 Å². The molecule has 1 aliphatic heterocycles. The van der Waals surface area contributed by atoms with E-state index in [1.807, 2.05) is 0 Å². The Morgan fingerprint density at radius 1 is 1.67 bits per heavy atom. The molecule has 1 saturated heterocycles. The lowest BCUT2D eigenvalue weighted by Crippen LogP contribution is -2.34. The highest BCUT2D eigenvalue weighted by Crippen LogP contribution is 2.29. The number of aromatic nitrogens is 2. The Morgan fingerprint density at radius 3 is 3.06 bits per heavy atom. The molecule has 2 heterocycles. The number of nitrogens with one attached hydrogen (secondary N) is 1. The van der Waals surface area contributed by atoms with E-state index in [1.54, 1.807) is 0 Å². The third-order valence-electron chi connectivity index (χ3n) is 2.69. The van der Waals surface area contributed by atoms with Gasteiger partial charge in [0.05, 0.1) is 18.8 Å². The highest BCUT2D eigenvalue weighted by molar-refractivity contribution is 4.91. The predicted molar refractivity (Wildman–Crippen MR) is 59.9 cm³/mol. The first-order valence-electron chi connectivity index (χ1n) is 5.27. The molecular formula is C9H11N5O4. The summed E-state index contributed by atoms with van der Waals surface area (Å²) in [5.74, 6) is 0. The second kappa shape index (κ2) is 5.05. The molecule has 1 fully saturated rings. The molecule has 1 aromatic rings. The fourth-order valence-corrected chi connectivity index (χ4v) is 1.90. The molecule has 1 aliphatic rings. The van der Waals surface area contributed by atoms with Crippen LogP contribution in [0.3, 0.4) is 0 Å². The summed E-state index contributed by atoms with van der Waals surface area (Å²) in [6, 6.07) is 0.570. The molecule has 0 amide bonds. The van der Waals surface area contributed by atoms with Crippen molar-refractivity contribution in [3.05, 3.63) is 43.5 Å². The van der Waals surface area contributed by atoms with Crippen molar-refractivity contribution in [2.45, 2.75) is 24.8 Å². The van der Waals surface area contributed by atoms with Gasteiger partial charge in [-0.1, -0.05) is 5.11 Å². The minimum Gasteiger partial charge on any atom is -0.394 e. The van der Waals surface area contributed by atoms with E-state index >= 15 is 0 Å². The molecule has 0 unspecified atom stereocenters. The lowest BCUT2D eigenvalue weighted by Gasteiger charge is -2.17. The van der Waals surface area contributed by atoms with Crippen LogP contribution in [0.25, 0.3) is 10.4 Å². The summed E-state index contributed by atoms with van der Waals surface area (Å²) >= 11 is 0. The van der Waals surface area contributed by atoms with Crippen LogP contribution >= 0.6 is 0 Å². The van der Waals surface area contributed by atoms with Gasteiger partial charge in [-0.05, 0) is 12.0 Å². The Labute approximate surface area is 100 Å². The van der Waals surface area contributed by atoms with Crippen LogP contribution in [0.1, 0.15) is 12.6 Å². The lowest BCUT2D eigenvalue weighted by molar-refractivity contribution is -0.0279. The topological polar surface area (TPSA) is 133 Å². The first kappa shape index (κ1) is 12.4. The highest BCUT2D eigenvalue weighted by atomic mass is 16.5. The summed E-state index contributed by atoms with van der Waals surface area (Å²) in [6.07, 6.45) is 0.272. The molecule has 0 aliphatic carbocycles. The maximum absolute atomic E-state index is 11.6. The molecule has 0 aromatic carbocycles. The quantitative estimate of drug-likeness (QED) is 0.426. The molecular weight excluding hydrogens is 242 g/mol. The van der Waals surface area contributed by atoms with Crippen LogP contribution in [0.4, 0.5) is 0 Å². The molecule has 0 bridgehead atoms. The fourth-order valence-electron chi connectivity index (χ4n) is 1.90. The van der Waals surface area contributed by atoms with Crippen LogP contribution in [0.2, 0.25) is 0 Å². The molecule has 9 heteroatoms. The van der Waals surface area contributed by atoms with Gasteiger partial charge in [-0.3, -0.25) is 14.3 Å². The van der Waals surface area contributed by atoms with Crippen molar-refractivity contribution in [3.8, 4) is 0 Å². The van der Waals surface area contributed by atoms with Crippen LogP contribution in [0.15, 0.2) is 27.0 Å². The van der Waals surface area contributed by atoms with Crippen molar-refractivity contribution < 1.29 is 9.84 Å². The molecule has 2 rings (SSSR count). The van der Waals surface area contributed by atoms with Gasteiger partial charge in [0.25, 0.3) is 5.56 Å². The number of aliphatic hydroxyl groups is 1. The van der Waals surface area contributed by atoms with Gasteiger partial charge in [0.1, 0.15) is 6.23 Å². The number of azide groups is 1. The molecule has 2 N–H and O–H groups in total. The molecule has 0 radical (unpaired) electrons. The number of nitrogens with zero attached hydrogens (tertiary/aromatic N) is 4. The second-order valence-corrected chi connectivity index (χ2v) is 3.86. The van der Waals surface area contributed by atoms with E-state index in [2.05, 4.69) is 15.0 Å². The van der Waals surface area contributed by atoms with Crippen molar-refractivity contribution >= 4 is 0 Å². The zero-order valence-electron chi connectivity index (χ0n) is 9.26. The Bertz CT molecular complexity index is 587. The van der Waals surface area contributed by atoms with Crippen LogP contribution in [-0.2, 0) is 4.74 Å². The largest absolute Gasteiger partial charge is 0.394 e. The normalized spacial score (nSPS) is 26.8. The van der Waals surface area contributed by atoms with Crippen molar-refractivity contribution in [1.29, 1.82) is 0 Å². The molecule has 1 aromatic heterocycles. The Hall–Kier alpha value is -2.09. The standard InChI is InChI=1S/C9H11N5O4/c10-13-12-6-3-5(4-15)18-8(6)14-2-1-7(16)11-9(14)17/h1-2,5-6,8,15H,3-4H2,(H,11,16,17)/t5-,6+,8-/m1/s1. The molecule has 0 saturated carbocycles. The van der Waals surface area contributed by atoms with Crippen molar-refractivity contribution in [3.63, 3.8) is 0 Å². The summed E-state index contributed by atoms with van der Waals surface area (Å²) in [7, 11) is 0. The van der Waals surface area contributed by atoms with E-state index in [0.717, 1.165) is 4.57 Å². The minimum atomic E-state index is -0.817. The van der Waals surface area contributed by atoms with Gasteiger partial charge in [0, 0.05) is 17.2 Å². The summed E-state index contributed by atoms with van der Waals surface area (Å²) < 4.78 is 6.54. The van der Waals surface area contributed by atoms with E-state index in [4.69, 9.17) is 15.4 Å². The summed E-state index contributed by atoms with van der Waals surface area (Å²) in [4.78, 5) is 27.3. The Morgan fingerprint density at radius 2 is 2.44 bits per heavy atom. The van der Waals surface area contributed by atoms with Crippen LogP contribution in [0.5, 0.6) is 0 Å². The first-order valence-corrected chi connectivity index (χ1v) is 5.27. The number of aromatic amines is 1. The number of hydrogen-bond acceptors (Lipinski definition) is 5. The van der Waals surface area contributed by atoms with Crippen LogP contribution < -0.4 is 11.2 Å². The average Bonchev–Trinajstić information content (AvgIpc) is 2.73. The van der Waals surface area contributed by atoms with E-state index in [1.165, 1.54) is 12.3 Å². The van der Waals surface area contributed by atoms with Gasteiger partial charge < -0.3 is 9.84 Å². The van der Waals surface area contributed by atoms with Gasteiger partial charge in [0.2, 0.25) is 0 Å². The monoisotopic (exact) mass is 253 g/mol. The zero-order valence-corrected chi connectivity index (χ0v) is 9.26. The molecule has 0 spiro atoms. The maximum Gasteiger partial charge on any atom is 0.330 e. The summed E-state index contributed by atoms with van der Waals surface area (Å²) in [6.45, 7) is -0.230. The summed E-state index contributed by atoms with van der Waals surface area (Å²) in [5.41, 5.74) is 7.29. The van der Waals surface area contributed by atoms with E-state index in [0.29, 0.717) is 6.42 Å². The fraction of sp³-hybridized carbons (Fsp3) is 0.556. The molecule has 96 valence electrons. The minimum absolute atomic E-state index is 0.230. The number of aliphatic hydroxyl groups excluding tert-OH is 1. The van der Waals surface area contributed by atoms with E-state index in [9.17, 15) is 9.59 Å². The van der Waals surface area contributed by atoms with Gasteiger partial charge in [-0.25, -0.2) is 4.79 Å². The number of hydrogen-bond donors (Lipinski definition) is 2. The number of H-pyrrole nitrogens is 1. The van der Waals surface area contributed by atoms with Gasteiger partial charge in [0.15, 0.2) is 0 Å². The number of rotatable bonds is 3. The zero-order chi connectivity index (χ0) is 13.1. The summed E-state index contributed by atoms with van der Waals surface area (Å²) in [5, 5.41) is 12.6. The molecule has 3 atom stereocenters. The Kier molecular flexibility index (Phi) is 3.47. The Balaban J connectivity index is 2.38. The van der Waals surface area contributed by atoms with Crippen LogP contribution in [-0.4, -0.2) is 33.4 Å². The second-order valence-electron chi connectivity index (χ2n) is 3.86.